The van der Waals surface area contributed by atoms with Gasteiger partial charge < -0.3 is 15.3 Å². The zero-order valence-corrected chi connectivity index (χ0v) is 13.3. The molecule has 1 aliphatic rings. The first-order chi connectivity index (χ1) is 11.9. The molecule has 1 heterocycles. The molecule has 1 aromatic carbocycles. The van der Waals surface area contributed by atoms with Crippen molar-refractivity contribution in [2.75, 3.05) is 6.54 Å². The Morgan fingerprint density at radius 3 is 2.46 bits per heavy atom. The van der Waals surface area contributed by atoms with Crippen molar-refractivity contribution < 1.29 is 41.0 Å². The zero-order valence-electron chi connectivity index (χ0n) is 13.3. The maximum atomic E-state index is 14.1. The molecule has 2 N–H and O–H groups in total. The number of rotatable bonds is 3. The number of carboxylic acid groups (broad SMARTS) is 1. The van der Waals surface area contributed by atoms with Crippen molar-refractivity contribution in [1.82, 2.24) is 10.2 Å². The molecule has 11 heteroatoms. The fraction of sp³-hybridized carbons (Fsp3) is 0.467. The van der Waals surface area contributed by atoms with E-state index in [-0.39, 0.29) is 6.07 Å². The molecule has 0 spiro atoms. The molecule has 1 fully saturated rings. The number of alkyl halides is 3. The summed E-state index contributed by atoms with van der Waals surface area (Å²) < 4.78 is 79.4. The van der Waals surface area contributed by atoms with Crippen LogP contribution in [0.2, 0.25) is 0 Å². The van der Waals surface area contributed by atoms with Crippen LogP contribution in [0.4, 0.5) is 31.1 Å². The summed E-state index contributed by atoms with van der Waals surface area (Å²) >= 11 is 0. The molecule has 0 saturated carbocycles. The number of nitrogens with zero attached hydrogens (tertiary/aromatic N) is 1. The highest BCUT2D eigenvalue weighted by Gasteiger charge is 2.46. The van der Waals surface area contributed by atoms with E-state index in [2.05, 4.69) is 0 Å². The number of hydrogen-bond donors (Lipinski definition) is 2. The summed E-state index contributed by atoms with van der Waals surface area (Å²) in [4.78, 5) is 23.3. The van der Waals surface area contributed by atoms with Crippen LogP contribution in [-0.2, 0) is 4.79 Å². The zero-order chi connectivity index (χ0) is 19.8. The van der Waals surface area contributed by atoms with E-state index in [1.165, 1.54) is 6.92 Å². The van der Waals surface area contributed by atoms with Crippen LogP contribution < -0.4 is 5.32 Å². The van der Waals surface area contributed by atoms with Crippen molar-refractivity contribution in [3.63, 3.8) is 0 Å². The minimum atomic E-state index is -4.80. The van der Waals surface area contributed by atoms with Crippen molar-refractivity contribution in [3.05, 3.63) is 35.1 Å². The average molecular weight is 384 g/mol. The van der Waals surface area contributed by atoms with Crippen molar-refractivity contribution in [3.8, 4) is 0 Å². The third-order valence-corrected chi connectivity index (χ3v) is 4.21. The molecule has 1 aromatic rings. The molecule has 0 bridgehead atoms. The quantitative estimate of drug-likeness (QED) is 0.622. The first kappa shape index (κ1) is 19.9. The van der Waals surface area contributed by atoms with Gasteiger partial charge >= 0.3 is 12.3 Å². The molecule has 2 amide bonds. The van der Waals surface area contributed by atoms with Gasteiger partial charge in [-0.2, -0.15) is 13.2 Å². The van der Waals surface area contributed by atoms with Crippen molar-refractivity contribution >= 4 is 12.0 Å². The fourth-order valence-electron chi connectivity index (χ4n) is 3.09. The molecule has 1 saturated heterocycles. The molecule has 144 valence electrons. The Kier molecular flexibility index (Phi) is 5.38. The van der Waals surface area contributed by atoms with Crippen LogP contribution in [0.5, 0.6) is 0 Å². The van der Waals surface area contributed by atoms with Gasteiger partial charge in [-0.3, -0.25) is 4.79 Å². The average Bonchev–Trinajstić information content (AvgIpc) is 2.49. The lowest BCUT2D eigenvalue weighted by molar-refractivity contribution is -0.170. The van der Waals surface area contributed by atoms with E-state index >= 15 is 0 Å². The van der Waals surface area contributed by atoms with E-state index in [9.17, 15) is 35.9 Å². The predicted octanol–water partition coefficient (Wildman–Crippen LogP) is 3.01. The lowest BCUT2D eigenvalue weighted by Gasteiger charge is -2.43. The lowest BCUT2D eigenvalue weighted by atomic mass is 9.81. The number of likely N-dealkylation sites (tertiary alicyclic amines) is 1. The molecule has 3 atom stereocenters. The first-order valence-electron chi connectivity index (χ1n) is 7.42. The van der Waals surface area contributed by atoms with Gasteiger partial charge in [0.1, 0.15) is 18.4 Å². The van der Waals surface area contributed by atoms with Gasteiger partial charge in [-0.1, -0.05) is 0 Å². The van der Waals surface area contributed by atoms with Gasteiger partial charge in [-0.05, 0) is 25.0 Å². The SMILES string of the molecule is C[C@@H]1[C@H](c2cc(F)cc(F)c2F)C[C@H](NC(=O)O)C(=O)N1CC(F)(F)F. The first-order valence-corrected chi connectivity index (χ1v) is 7.42. The number of hydrogen-bond acceptors (Lipinski definition) is 2. The number of halogens is 6. The van der Waals surface area contributed by atoms with Crippen molar-refractivity contribution in [2.24, 2.45) is 0 Å². The van der Waals surface area contributed by atoms with E-state index in [4.69, 9.17) is 5.11 Å². The Balaban J connectivity index is 2.47. The van der Waals surface area contributed by atoms with Crippen molar-refractivity contribution in [2.45, 2.75) is 37.5 Å². The van der Waals surface area contributed by atoms with Gasteiger partial charge in [-0.25, -0.2) is 18.0 Å². The smallest absolute Gasteiger partial charge is 0.406 e. The van der Waals surface area contributed by atoms with Crippen LogP contribution in [-0.4, -0.2) is 46.8 Å². The summed E-state index contributed by atoms with van der Waals surface area (Å²) in [6.45, 7) is -0.533. The summed E-state index contributed by atoms with van der Waals surface area (Å²) in [5.41, 5.74) is -0.563. The highest BCUT2D eigenvalue weighted by Crippen LogP contribution is 2.37. The second kappa shape index (κ2) is 7.04. The van der Waals surface area contributed by atoms with Gasteiger partial charge in [0.05, 0.1) is 0 Å². The second-order valence-corrected chi connectivity index (χ2v) is 5.96. The molecule has 0 aliphatic carbocycles. The molecule has 2 rings (SSSR count). The fourth-order valence-corrected chi connectivity index (χ4v) is 3.09. The number of benzene rings is 1. The number of amides is 2. The standard InChI is InChI=1S/C15H14F6N2O3/c1-6-8(9-2-7(16)3-10(17)12(9)18)4-11(22-14(25)26)13(24)23(6)5-15(19,20)21/h2-3,6,8,11,22H,4-5H2,1H3,(H,25,26)/t6-,8-,11+/m1/s1. The number of carbonyl (C=O) groups excluding carboxylic acids is 1. The Morgan fingerprint density at radius 1 is 1.31 bits per heavy atom. The summed E-state index contributed by atoms with van der Waals surface area (Å²) in [5, 5.41) is 10.5. The summed E-state index contributed by atoms with van der Waals surface area (Å²) in [7, 11) is 0. The second-order valence-electron chi connectivity index (χ2n) is 5.96. The topological polar surface area (TPSA) is 69.6 Å². The highest BCUT2D eigenvalue weighted by molar-refractivity contribution is 5.86. The molecular formula is C15H14F6N2O3. The third kappa shape index (κ3) is 4.20. The van der Waals surface area contributed by atoms with E-state index in [1.807, 2.05) is 0 Å². The Bertz CT molecular complexity index is 724. The van der Waals surface area contributed by atoms with Gasteiger partial charge in [0, 0.05) is 18.0 Å². The number of nitrogens with one attached hydrogen (secondary N) is 1. The van der Waals surface area contributed by atoms with Gasteiger partial charge in [-0.15, -0.1) is 0 Å². The Labute approximate surface area is 143 Å². The van der Waals surface area contributed by atoms with Crippen LogP contribution >= 0.6 is 0 Å². The lowest BCUT2D eigenvalue weighted by Crippen LogP contribution is -2.59. The van der Waals surface area contributed by atoms with Crippen molar-refractivity contribution in [1.29, 1.82) is 0 Å². The van der Waals surface area contributed by atoms with Crippen LogP contribution in [0.25, 0.3) is 0 Å². The monoisotopic (exact) mass is 384 g/mol. The molecular weight excluding hydrogens is 370 g/mol. The summed E-state index contributed by atoms with van der Waals surface area (Å²) in [6.07, 6.45) is -6.92. The van der Waals surface area contributed by atoms with Gasteiger partial charge in [0.2, 0.25) is 5.91 Å². The van der Waals surface area contributed by atoms with Crippen LogP contribution in [0.15, 0.2) is 12.1 Å². The Hall–Kier alpha value is -2.46. The molecule has 0 aromatic heterocycles. The number of carbonyl (C=O) groups is 2. The van der Waals surface area contributed by atoms with E-state index in [0.29, 0.717) is 11.0 Å². The van der Waals surface area contributed by atoms with Gasteiger partial charge in [0.25, 0.3) is 0 Å². The minimum absolute atomic E-state index is 0.276. The minimum Gasteiger partial charge on any atom is -0.465 e. The van der Waals surface area contributed by atoms with E-state index in [1.54, 1.807) is 5.32 Å². The maximum Gasteiger partial charge on any atom is 0.406 e. The third-order valence-electron chi connectivity index (χ3n) is 4.21. The van der Waals surface area contributed by atoms with Crippen LogP contribution in [0.3, 0.4) is 0 Å². The molecule has 0 radical (unpaired) electrons. The van der Waals surface area contributed by atoms with Crippen LogP contribution in [0, 0.1) is 17.5 Å². The van der Waals surface area contributed by atoms with Gasteiger partial charge in [0.15, 0.2) is 11.6 Å². The number of piperidine rings is 1. The van der Waals surface area contributed by atoms with E-state index < -0.39 is 72.2 Å². The molecule has 0 unspecified atom stereocenters. The molecule has 1 aliphatic heterocycles. The summed E-state index contributed by atoms with van der Waals surface area (Å²) in [6, 6.07) is -1.98. The molecule has 5 nitrogen and oxygen atoms in total. The van der Waals surface area contributed by atoms with Crippen LogP contribution in [0.1, 0.15) is 24.8 Å². The highest BCUT2D eigenvalue weighted by atomic mass is 19.4. The summed E-state index contributed by atoms with van der Waals surface area (Å²) in [5.74, 6) is -6.54. The largest absolute Gasteiger partial charge is 0.465 e. The maximum absolute atomic E-state index is 14.1. The molecule has 26 heavy (non-hydrogen) atoms. The normalized spacial score (nSPS) is 23.9. The van der Waals surface area contributed by atoms with E-state index in [0.717, 1.165) is 0 Å². The Morgan fingerprint density at radius 2 is 1.92 bits per heavy atom. The predicted molar refractivity (Wildman–Crippen MR) is 75.9 cm³/mol.